The van der Waals surface area contributed by atoms with Gasteiger partial charge >= 0.3 is 0 Å². The summed E-state index contributed by atoms with van der Waals surface area (Å²) in [5.41, 5.74) is -0.229. The van der Waals surface area contributed by atoms with Gasteiger partial charge in [-0.15, -0.1) is 0 Å². The first-order chi connectivity index (χ1) is 15.8. The Kier molecular flexibility index (Phi) is 5.57. The normalized spacial score (nSPS) is 17.4. The van der Waals surface area contributed by atoms with Crippen molar-refractivity contribution < 1.29 is 33.9 Å². The Morgan fingerprint density at radius 3 is 2.61 bits per heavy atom. The molecule has 1 unspecified atom stereocenters. The van der Waals surface area contributed by atoms with Gasteiger partial charge in [0.25, 0.3) is 17.4 Å². The van der Waals surface area contributed by atoms with Gasteiger partial charge in [-0.05, 0) is 29.8 Å². The van der Waals surface area contributed by atoms with Gasteiger partial charge in [0.15, 0.2) is 11.5 Å². The smallest absolute Gasteiger partial charge is 0.296 e. The molecule has 10 heteroatoms. The Hall–Kier alpha value is -4.60. The van der Waals surface area contributed by atoms with Crippen LogP contribution in [0.2, 0.25) is 0 Å². The van der Waals surface area contributed by atoms with Crippen LogP contribution in [0, 0.1) is 10.1 Å². The number of likely N-dealkylation sites (tertiary alicyclic amines) is 1. The number of nitro benzene ring substituents is 1. The van der Waals surface area contributed by atoms with E-state index < -0.39 is 28.4 Å². The van der Waals surface area contributed by atoms with E-state index in [1.165, 1.54) is 48.6 Å². The van der Waals surface area contributed by atoms with Crippen molar-refractivity contribution in [2.24, 2.45) is 0 Å². The van der Waals surface area contributed by atoms with Crippen LogP contribution in [0.15, 0.2) is 70.9 Å². The molecular formula is C23H18N2O8. The lowest BCUT2D eigenvalue weighted by molar-refractivity contribution is -0.384. The van der Waals surface area contributed by atoms with Crippen LogP contribution in [-0.2, 0) is 16.1 Å². The van der Waals surface area contributed by atoms with Crippen LogP contribution in [0.4, 0.5) is 5.69 Å². The third-order valence-corrected chi connectivity index (χ3v) is 5.30. The molecule has 2 N–H and O–H groups in total. The molecule has 1 aromatic heterocycles. The van der Waals surface area contributed by atoms with E-state index in [0.717, 1.165) is 6.07 Å². The van der Waals surface area contributed by atoms with E-state index in [1.807, 2.05) is 0 Å². The average molecular weight is 450 g/mol. The number of aliphatic hydroxyl groups excluding tert-OH is 1. The number of furan rings is 1. The van der Waals surface area contributed by atoms with Crippen molar-refractivity contribution in [2.75, 3.05) is 7.11 Å². The molecule has 1 saturated heterocycles. The zero-order valence-corrected chi connectivity index (χ0v) is 17.3. The van der Waals surface area contributed by atoms with E-state index in [-0.39, 0.29) is 34.9 Å². The molecule has 2 heterocycles. The van der Waals surface area contributed by atoms with Gasteiger partial charge in [0.1, 0.15) is 11.5 Å². The third kappa shape index (κ3) is 3.89. The second-order valence-electron chi connectivity index (χ2n) is 7.25. The molecule has 1 aliphatic heterocycles. The highest BCUT2D eigenvalue weighted by atomic mass is 16.6. The SMILES string of the molecule is COc1ccc(C2/C(=C(/O)c3cccc([N+](=O)[O-])c3)C(=O)C(=O)N2Cc2ccco2)cc1O. The Morgan fingerprint density at radius 1 is 1.18 bits per heavy atom. The molecule has 1 aliphatic rings. The lowest BCUT2D eigenvalue weighted by Crippen LogP contribution is -2.29. The number of phenolic OH excluding ortho intramolecular Hbond substituents is 1. The van der Waals surface area contributed by atoms with Crippen molar-refractivity contribution >= 4 is 23.1 Å². The molecule has 10 nitrogen and oxygen atoms in total. The maximum Gasteiger partial charge on any atom is 0.296 e. The lowest BCUT2D eigenvalue weighted by Gasteiger charge is -2.25. The van der Waals surface area contributed by atoms with Crippen molar-refractivity contribution in [1.29, 1.82) is 0 Å². The maximum atomic E-state index is 13.0. The summed E-state index contributed by atoms with van der Waals surface area (Å²) in [5, 5.41) is 32.4. The number of aliphatic hydroxyl groups is 1. The Balaban J connectivity index is 1.89. The summed E-state index contributed by atoms with van der Waals surface area (Å²) < 4.78 is 10.4. The number of nitro groups is 1. The van der Waals surface area contributed by atoms with Gasteiger partial charge < -0.3 is 24.3 Å². The summed E-state index contributed by atoms with van der Waals surface area (Å²) in [4.78, 5) is 37.7. The molecule has 0 aliphatic carbocycles. The monoisotopic (exact) mass is 450 g/mol. The number of Topliss-reactive ketones (excluding diaryl/α,β-unsaturated/α-hetero) is 1. The highest BCUT2D eigenvalue weighted by molar-refractivity contribution is 6.46. The topological polar surface area (TPSA) is 143 Å². The Labute approximate surface area is 187 Å². The number of ketones is 1. The first kappa shape index (κ1) is 21.6. The third-order valence-electron chi connectivity index (χ3n) is 5.30. The number of ether oxygens (including phenoxy) is 1. The van der Waals surface area contributed by atoms with Gasteiger partial charge in [0.2, 0.25) is 0 Å². The fourth-order valence-electron chi connectivity index (χ4n) is 3.76. The first-order valence-corrected chi connectivity index (χ1v) is 9.74. The number of non-ortho nitro benzene ring substituents is 1. The number of aromatic hydroxyl groups is 1. The highest BCUT2D eigenvalue weighted by Crippen LogP contribution is 2.42. The summed E-state index contributed by atoms with van der Waals surface area (Å²) in [6.07, 6.45) is 1.42. The van der Waals surface area contributed by atoms with Gasteiger partial charge in [-0.25, -0.2) is 0 Å². The number of carbonyl (C=O) groups is 2. The number of carbonyl (C=O) groups excluding carboxylic acids is 2. The van der Waals surface area contributed by atoms with Crippen molar-refractivity contribution in [1.82, 2.24) is 4.90 Å². The average Bonchev–Trinajstić information content (AvgIpc) is 3.41. The number of benzene rings is 2. The molecule has 4 rings (SSSR count). The van der Waals surface area contributed by atoms with Gasteiger partial charge in [-0.3, -0.25) is 19.7 Å². The molecule has 0 bridgehead atoms. The molecule has 2 aromatic carbocycles. The predicted molar refractivity (Wildman–Crippen MR) is 114 cm³/mol. The molecule has 0 saturated carbocycles. The number of methoxy groups -OCH3 is 1. The van der Waals surface area contributed by atoms with Gasteiger partial charge in [-0.1, -0.05) is 18.2 Å². The number of amides is 1. The van der Waals surface area contributed by atoms with Crippen LogP contribution >= 0.6 is 0 Å². The minimum atomic E-state index is -1.09. The van der Waals surface area contributed by atoms with Crippen molar-refractivity contribution in [2.45, 2.75) is 12.6 Å². The van der Waals surface area contributed by atoms with Crippen LogP contribution in [0.25, 0.3) is 5.76 Å². The van der Waals surface area contributed by atoms with Crippen LogP contribution < -0.4 is 4.74 Å². The molecule has 33 heavy (non-hydrogen) atoms. The van der Waals surface area contributed by atoms with Crippen LogP contribution in [0.5, 0.6) is 11.5 Å². The number of nitrogens with zero attached hydrogens (tertiary/aromatic N) is 2. The van der Waals surface area contributed by atoms with Crippen LogP contribution in [-0.4, -0.2) is 38.8 Å². The van der Waals surface area contributed by atoms with Gasteiger partial charge in [-0.2, -0.15) is 0 Å². The largest absolute Gasteiger partial charge is 0.507 e. The number of hydrogen-bond acceptors (Lipinski definition) is 8. The molecule has 3 aromatic rings. The molecule has 1 fully saturated rings. The second kappa shape index (κ2) is 8.50. The number of rotatable bonds is 6. The summed E-state index contributed by atoms with van der Waals surface area (Å²) in [5.74, 6) is -2.08. The summed E-state index contributed by atoms with van der Waals surface area (Å²) >= 11 is 0. The van der Waals surface area contributed by atoms with Crippen molar-refractivity contribution in [3.05, 3.63) is 93.4 Å². The fourth-order valence-corrected chi connectivity index (χ4v) is 3.76. The number of hydrogen-bond donors (Lipinski definition) is 2. The van der Waals surface area contributed by atoms with Gasteiger partial charge in [0, 0.05) is 17.7 Å². The standard InChI is InChI=1S/C23H18N2O8/c1-32-18-8-7-13(11-17(18)26)20-19(21(27)14-4-2-5-15(10-14)25(30)31)22(28)23(29)24(20)12-16-6-3-9-33-16/h2-11,20,26-27H,12H2,1H3/b21-19-. The number of phenols is 1. The minimum Gasteiger partial charge on any atom is -0.507 e. The molecule has 1 atom stereocenters. The second-order valence-corrected chi connectivity index (χ2v) is 7.25. The fraction of sp³-hybridized carbons (Fsp3) is 0.130. The van der Waals surface area contributed by atoms with Crippen molar-refractivity contribution in [3.63, 3.8) is 0 Å². The van der Waals surface area contributed by atoms with E-state index in [2.05, 4.69) is 0 Å². The zero-order valence-electron chi connectivity index (χ0n) is 17.3. The zero-order chi connectivity index (χ0) is 23.7. The van der Waals surface area contributed by atoms with E-state index in [1.54, 1.807) is 18.2 Å². The maximum absolute atomic E-state index is 13.0. The van der Waals surface area contributed by atoms with Crippen LogP contribution in [0.1, 0.15) is 22.9 Å². The lowest BCUT2D eigenvalue weighted by atomic mass is 9.95. The first-order valence-electron chi connectivity index (χ1n) is 9.74. The van der Waals surface area contributed by atoms with E-state index in [9.17, 15) is 29.9 Å². The molecule has 0 radical (unpaired) electrons. The van der Waals surface area contributed by atoms with E-state index >= 15 is 0 Å². The highest BCUT2D eigenvalue weighted by Gasteiger charge is 2.46. The molecule has 168 valence electrons. The van der Waals surface area contributed by atoms with E-state index in [0.29, 0.717) is 11.3 Å². The Bertz CT molecular complexity index is 1280. The predicted octanol–water partition coefficient (Wildman–Crippen LogP) is 3.52. The molecule has 0 spiro atoms. The van der Waals surface area contributed by atoms with E-state index in [4.69, 9.17) is 9.15 Å². The van der Waals surface area contributed by atoms with Crippen molar-refractivity contribution in [3.8, 4) is 11.5 Å². The molecule has 1 amide bonds. The molecular weight excluding hydrogens is 432 g/mol. The Morgan fingerprint density at radius 2 is 1.97 bits per heavy atom. The van der Waals surface area contributed by atoms with Gasteiger partial charge in [0.05, 0.1) is 36.5 Å². The minimum absolute atomic E-state index is 0.00272. The van der Waals surface area contributed by atoms with Crippen LogP contribution in [0.3, 0.4) is 0 Å². The summed E-state index contributed by atoms with van der Waals surface area (Å²) in [7, 11) is 1.38. The summed E-state index contributed by atoms with van der Waals surface area (Å²) in [6, 6.07) is 11.6. The quantitative estimate of drug-likeness (QED) is 0.191. The summed E-state index contributed by atoms with van der Waals surface area (Å²) in [6.45, 7) is -0.0826.